The summed E-state index contributed by atoms with van der Waals surface area (Å²) in [5.41, 5.74) is 4.11. The number of aldehydes is 1. The van der Waals surface area contributed by atoms with Crippen LogP contribution < -0.4 is 10.7 Å². The molecular weight excluding hydrogens is 532 g/mol. The van der Waals surface area contributed by atoms with Crippen molar-refractivity contribution in [3.8, 4) is 6.07 Å². The van der Waals surface area contributed by atoms with Crippen molar-refractivity contribution in [2.45, 2.75) is 54.0 Å². The van der Waals surface area contributed by atoms with Crippen molar-refractivity contribution < 1.29 is 28.0 Å². The Morgan fingerprint density at radius 1 is 1.15 bits per heavy atom. The van der Waals surface area contributed by atoms with Gasteiger partial charge in [-0.3, -0.25) is 9.59 Å². The maximum Gasteiger partial charge on any atom is 0.239 e. The van der Waals surface area contributed by atoms with E-state index in [2.05, 4.69) is 44.5 Å². The number of hydrogen-bond donors (Lipinski definition) is 2. The summed E-state index contributed by atoms with van der Waals surface area (Å²) in [7, 11) is 1.58. The lowest BCUT2D eigenvalue weighted by Gasteiger charge is -2.24. The van der Waals surface area contributed by atoms with Gasteiger partial charge in [-0.2, -0.15) is 5.26 Å². The van der Waals surface area contributed by atoms with Crippen LogP contribution in [0.25, 0.3) is 0 Å². The quantitative estimate of drug-likeness (QED) is 0.353. The fourth-order valence-corrected chi connectivity index (χ4v) is 3.17. The first kappa shape index (κ1) is 39.0. The minimum Gasteiger partial charge on any atom is -0.329 e. The molecule has 2 amide bonds. The predicted molar refractivity (Wildman–Crippen MR) is 158 cm³/mol. The summed E-state index contributed by atoms with van der Waals surface area (Å²) in [4.78, 5) is 40.5. The van der Waals surface area contributed by atoms with E-state index in [4.69, 9.17) is 14.9 Å². The van der Waals surface area contributed by atoms with Gasteiger partial charge in [0.1, 0.15) is 24.9 Å². The third kappa shape index (κ3) is 19.5. The van der Waals surface area contributed by atoms with E-state index in [0.29, 0.717) is 30.7 Å². The molecule has 2 aromatic carbocycles. The molecular formula is C30H43F2N5O4. The van der Waals surface area contributed by atoms with Gasteiger partial charge in [-0.15, -0.1) is 0 Å². The van der Waals surface area contributed by atoms with Gasteiger partial charge in [-0.05, 0) is 48.9 Å². The number of hydrazine groups is 1. The smallest absolute Gasteiger partial charge is 0.239 e. The maximum absolute atomic E-state index is 13.5. The van der Waals surface area contributed by atoms with E-state index in [1.165, 1.54) is 18.0 Å². The number of likely N-dealkylation sites (N-methyl/N-ethyl adjacent to an activating group) is 1. The summed E-state index contributed by atoms with van der Waals surface area (Å²) < 4.78 is 26.4. The lowest BCUT2D eigenvalue weighted by atomic mass is 10.0. The zero-order valence-corrected chi connectivity index (χ0v) is 25.0. The number of hydrogen-bond acceptors (Lipinski definition) is 7. The highest BCUT2D eigenvalue weighted by atomic mass is 19.1. The van der Waals surface area contributed by atoms with E-state index in [1.807, 2.05) is 44.0 Å². The minimum atomic E-state index is -0.732. The number of anilines is 2. The van der Waals surface area contributed by atoms with Gasteiger partial charge < -0.3 is 25.2 Å². The zero-order chi connectivity index (χ0) is 32.0. The molecule has 1 aliphatic heterocycles. The molecule has 226 valence electrons. The molecule has 1 heterocycles. The van der Waals surface area contributed by atoms with Gasteiger partial charge in [-0.1, -0.05) is 52.8 Å². The number of amides is 2. The second-order valence-corrected chi connectivity index (χ2v) is 10.5. The molecule has 0 aliphatic carbocycles. The Morgan fingerprint density at radius 2 is 1.68 bits per heavy atom. The van der Waals surface area contributed by atoms with Gasteiger partial charge in [0, 0.05) is 25.3 Å². The highest BCUT2D eigenvalue weighted by Gasteiger charge is 2.33. The molecule has 9 nitrogen and oxygen atoms in total. The SMILES string of the molecule is C=O.CC(C)(C)C.CC1CC(C#N)N(C(=O)CN(C)Nc2ccc(F)cc2F)C1.CC=O.O=CNc1ccccc1. The number of nitrogens with zero attached hydrogens (tertiary/aromatic N) is 3. The van der Waals surface area contributed by atoms with E-state index < -0.39 is 17.7 Å². The number of carbonyl (C=O) groups is 4. The Balaban J connectivity index is 0. The molecule has 2 aromatic rings. The number of benzene rings is 2. The van der Waals surface area contributed by atoms with Crippen molar-refractivity contribution in [1.29, 1.82) is 5.26 Å². The van der Waals surface area contributed by atoms with Crippen LogP contribution in [0.2, 0.25) is 0 Å². The summed E-state index contributed by atoms with van der Waals surface area (Å²) in [6.07, 6.45) is 2.08. The summed E-state index contributed by atoms with van der Waals surface area (Å²) in [5, 5.41) is 13.0. The van der Waals surface area contributed by atoms with Crippen LogP contribution in [-0.4, -0.2) is 61.5 Å². The molecule has 1 aliphatic rings. The van der Waals surface area contributed by atoms with Gasteiger partial charge in [0.15, 0.2) is 5.82 Å². The fourth-order valence-electron chi connectivity index (χ4n) is 3.17. The molecule has 2 N–H and O–H groups in total. The molecule has 0 aromatic heterocycles. The summed E-state index contributed by atoms with van der Waals surface area (Å²) in [6, 6.07) is 14.2. The average Bonchev–Trinajstić information content (AvgIpc) is 3.29. The number of rotatable bonds is 6. The Kier molecular flexibility index (Phi) is 20.6. The fraction of sp³-hybridized carbons (Fsp3) is 0.433. The van der Waals surface area contributed by atoms with Crippen LogP contribution in [-0.2, 0) is 19.2 Å². The molecule has 11 heteroatoms. The molecule has 0 spiro atoms. The second kappa shape index (κ2) is 21.6. The molecule has 41 heavy (non-hydrogen) atoms. The van der Waals surface area contributed by atoms with Crippen molar-refractivity contribution in [2.75, 3.05) is 30.9 Å². The Morgan fingerprint density at radius 3 is 2.15 bits per heavy atom. The van der Waals surface area contributed by atoms with Crippen LogP contribution in [0.3, 0.4) is 0 Å². The van der Waals surface area contributed by atoms with Gasteiger partial charge in [0.25, 0.3) is 0 Å². The van der Waals surface area contributed by atoms with E-state index in [9.17, 15) is 18.4 Å². The van der Waals surface area contributed by atoms with Crippen LogP contribution in [0.1, 0.15) is 48.0 Å². The highest BCUT2D eigenvalue weighted by molar-refractivity contribution is 5.79. The summed E-state index contributed by atoms with van der Waals surface area (Å²) >= 11 is 0. The lowest BCUT2D eigenvalue weighted by molar-refractivity contribution is -0.132. The second-order valence-electron chi connectivity index (χ2n) is 10.5. The third-order valence-electron chi connectivity index (χ3n) is 4.59. The van der Waals surface area contributed by atoms with E-state index in [1.54, 1.807) is 11.9 Å². The van der Waals surface area contributed by atoms with Gasteiger partial charge >= 0.3 is 0 Å². The van der Waals surface area contributed by atoms with Crippen LogP contribution in [0.4, 0.5) is 20.2 Å². The van der Waals surface area contributed by atoms with Gasteiger partial charge in [-0.25, -0.2) is 13.8 Å². The van der Waals surface area contributed by atoms with E-state index >= 15 is 0 Å². The van der Waals surface area contributed by atoms with Crippen LogP contribution >= 0.6 is 0 Å². The largest absolute Gasteiger partial charge is 0.329 e. The molecule has 0 radical (unpaired) electrons. The van der Waals surface area contributed by atoms with Crippen molar-refractivity contribution in [3.63, 3.8) is 0 Å². The molecule has 1 fully saturated rings. The molecule has 0 bridgehead atoms. The zero-order valence-electron chi connectivity index (χ0n) is 25.0. The van der Waals surface area contributed by atoms with E-state index in [-0.39, 0.29) is 18.1 Å². The highest BCUT2D eigenvalue weighted by Crippen LogP contribution is 2.22. The first-order valence-electron chi connectivity index (χ1n) is 12.8. The number of para-hydroxylation sites is 1. The van der Waals surface area contributed by atoms with Crippen molar-refractivity contribution in [2.24, 2.45) is 11.3 Å². The van der Waals surface area contributed by atoms with Crippen molar-refractivity contribution >= 4 is 36.8 Å². The topological polar surface area (TPSA) is 123 Å². The number of nitrogens with one attached hydrogen (secondary N) is 2. The van der Waals surface area contributed by atoms with Crippen LogP contribution in [0, 0.1) is 34.3 Å². The summed E-state index contributed by atoms with van der Waals surface area (Å²) in [6.45, 7) is 14.7. The van der Waals surface area contributed by atoms with Gasteiger partial charge in [0.2, 0.25) is 12.3 Å². The van der Waals surface area contributed by atoms with E-state index in [0.717, 1.165) is 24.1 Å². The molecule has 2 atom stereocenters. The molecule has 0 saturated carbocycles. The third-order valence-corrected chi connectivity index (χ3v) is 4.59. The van der Waals surface area contributed by atoms with Crippen LogP contribution in [0.15, 0.2) is 48.5 Å². The number of carbonyl (C=O) groups excluding carboxylic acids is 4. The Labute approximate surface area is 242 Å². The first-order chi connectivity index (χ1) is 19.2. The Hall–Kier alpha value is -4.17. The maximum atomic E-state index is 13.5. The van der Waals surface area contributed by atoms with Gasteiger partial charge in [0.05, 0.1) is 18.3 Å². The molecule has 3 rings (SSSR count). The van der Waals surface area contributed by atoms with Crippen molar-refractivity contribution in [1.82, 2.24) is 9.91 Å². The van der Waals surface area contributed by atoms with Crippen LogP contribution in [0.5, 0.6) is 0 Å². The normalized spacial score (nSPS) is 15.0. The molecule has 1 saturated heterocycles. The summed E-state index contributed by atoms with van der Waals surface area (Å²) in [5.74, 6) is -1.30. The minimum absolute atomic E-state index is 0.0122. The predicted octanol–water partition coefficient (Wildman–Crippen LogP) is 5.31. The first-order valence-corrected chi connectivity index (χ1v) is 12.8. The van der Waals surface area contributed by atoms with Crippen molar-refractivity contribution in [3.05, 3.63) is 60.2 Å². The average molecular weight is 576 g/mol. The number of likely N-dealkylation sites (tertiary alicyclic amines) is 1. The molecule has 2 unspecified atom stereocenters. The number of nitriles is 1. The Bertz CT molecular complexity index is 1070. The lowest BCUT2D eigenvalue weighted by Crippen LogP contribution is -2.43. The monoisotopic (exact) mass is 575 g/mol. The standard InChI is InChI=1S/C15H18F2N4O.C7H7NO.C5H12.C2H4O.CH2O/c1-10-5-12(7-18)21(8-10)15(22)9-20(2)19-14-4-3-11(16)6-13(14)17;9-6-8-7-4-2-1-3-5-7;1-5(2,3)4;1-2-3;1-2/h3-4,6,10,12,19H,5,8-9H2,1-2H3;1-6H,(H,8,9);1-4H3;2H,1H3;1H2. The number of halogens is 2.